The molecule has 2 rings (SSSR count). The van der Waals surface area contributed by atoms with Crippen molar-refractivity contribution in [3.05, 3.63) is 65.7 Å². The van der Waals surface area contributed by atoms with Gasteiger partial charge < -0.3 is 0 Å². The van der Waals surface area contributed by atoms with E-state index in [1.807, 2.05) is 30.3 Å². The second-order valence-electron chi connectivity index (χ2n) is 5.17. The van der Waals surface area contributed by atoms with E-state index in [0.29, 0.717) is 5.69 Å². The average molecular weight is 333 g/mol. The normalized spacial score (nSPS) is 11.0. The Morgan fingerprint density at radius 2 is 1.65 bits per heavy atom. The predicted molar refractivity (Wildman–Crippen MR) is 89.9 cm³/mol. The molecule has 122 valence electrons. The first kappa shape index (κ1) is 17.0. The maximum Gasteiger partial charge on any atom is 0.238 e. The maximum absolute atomic E-state index is 12.1. The summed E-state index contributed by atoms with van der Waals surface area (Å²) in [5.74, 6) is 4.75. The van der Waals surface area contributed by atoms with Crippen molar-refractivity contribution in [3.8, 4) is 0 Å². The van der Waals surface area contributed by atoms with Gasteiger partial charge in [-0.05, 0) is 23.3 Å². The highest BCUT2D eigenvalue weighted by Gasteiger charge is 2.17. The van der Waals surface area contributed by atoms with Crippen molar-refractivity contribution < 1.29 is 13.2 Å². The molecule has 0 aromatic heterocycles. The number of rotatable bonds is 6. The van der Waals surface area contributed by atoms with Gasteiger partial charge in [-0.1, -0.05) is 42.5 Å². The predicted octanol–water partition coefficient (Wildman–Crippen LogP) is 1.19. The van der Waals surface area contributed by atoms with Gasteiger partial charge in [0, 0.05) is 0 Å². The third-order valence-corrected chi connectivity index (χ3v) is 4.46. The lowest BCUT2D eigenvalue weighted by Gasteiger charge is -2.22. The number of anilines is 1. The van der Waals surface area contributed by atoms with Crippen LogP contribution < -0.4 is 15.6 Å². The lowest BCUT2D eigenvalue weighted by atomic mass is 10.1. The summed E-state index contributed by atoms with van der Waals surface area (Å²) >= 11 is 0. The van der Waals surface area contributed by atoms with E-state index in [1.165, 1.54) is 10.6 Å². The zero-order valence-electron chi connectivity index (χ0n) is 12.8. The lowest BCUT2D eigenvalue weighted by molar-refractivity contribution is -0.120. The van der Waals surface area contributed by atoms with Crippen molar-refractivity contribution in [2.45, 2.75) is 13.0 Å². The molecule has 0 saturated heterocycles. The fraction of sp³-hybridized carbons (Fsp3) is 0.188. The molecule has 0 atom stereocenters. The quantitative estimate of drug-likeness (QED) is 0.472. The Labute approximate surface area is 135 Å². The van der Waals surface area contributed by atoms with E-state index in [9.17, 15) is 13.2 Å². The Kier molecular flexibility index (Phi) is 5.36. The van der Waals surface area contributed by atoms with Gasteiger partial charge in [-0.15, -0.1) is 0 Å². The van der Waals surface area contributed by atoms with Crippen molar-refractivity contribution in [2.24, 2.45) is 5.84 Å². The van der Waals surface area contributed by atoms with Gasteiger partial charge in [0.1, 0.15) is 0 Å². The van der Waals surface area contributed by atoms with E-state index in [1.54, 1.807) is 24.3 Å². The standard InChI is InChI=1S/C16H19N3O3S/c1-23(21,22)19(12-14-5-3-2-4-6-14)15-9-7-13(8-10-15)11-16(20)18-17/h2-10H,11-12,17H2,1H3,(H,18,20). The molecule has 7 heteroatoms. The highest BCUT2D eigenvalue weighted by molar-refractivity contribution is 7.92. The molecule has 0 spiro atoms. The smallest absolute Gasteiger partial charge is 0.238 e. The summed E-state index contributed by atoms with van der Waals surface area (Å²) in [5.41, 5.74) is 4.26. The third kappa shape index (κ3) is 4.80. The van der Waals surface area contributed by atoms with Crippen molar-refractivity contribution >= 4 is 21.6 Å². The van der Waals surface area contributed by atoms with Gasteiger partial charge in [0.2, 0.25) is 15.9 Å². The molecule has 0 fully saturated rings. The largest absolute Gasteiger partial charge is 0.294 e. The molecule has 0 aliphatic rings. The van der Waals surface area contributed by atoms with Gasteiger partial charge in [0.05, 0.1) is 24.9 Å². The Bertz CT molecular complexity index is 759. The highest BCUT2D eigenvalue weighted by atomic mass is 32.2. The van der Waals surface area contributed by atoms with E-state index in [0.717, 1.165) is 11.1 Å². The van der Waals surface area contributed by atoms with Crippen LogP contribution in [0.3, 0.4) is 0 Å². The summed E-state index contributed by atoms with van der Waals surface area (Å²) in [6.07, 6.45) is 1.32. The number of nitrogens with zero attached hydrogens (tertiary/aromatic N) is 1. The number of benzene rings is 2. The van der Waals surface area contributed by atoms with Crippen LogP contribution >= 0.6 is 0 Å². The van der Waals surface area contributed by atoms with Crippen LogP contribution in [0.2, 0.25) is 0 Å². The summed E-state index contributed by atoms with van der Waals surface area (Å²) in [6, 6.07) is 16.2. The van der Waals surface area contributed by atoms with Gasteiger partial charge in [0.15, 0.2) is 0 Å². The summed E-state index contributed by atoms with van der Waals surface area (Å²) in [5, 5.41) is 0. The molecule has 0 unspecified atom stereocenters. The summed E-state index contributed by atoms with van der Waals surface area (Å²) < 4.78 is 25.5. The molecule has 0 aliphatic heterocycles. The van der Waals surface area contributed by atoms with Crippen molar-refractivity contribution in [3.63, 3.8) is 0 Å². The molecule has 2 aromatic carbocycles. The Morgan fingerprint density at radius 1 is 1.04 bits per heavy atom. The van der Waals surface area contributed by atoms with E-state index in [2.05, 4.69) is 5.43 Å². The van der Waals surface area contributed by atoms with Gasteiger partial charge in [-0.25, -0.2) is 14.3 Å². The minimum atomic E-state index is -3.42. The van der Waals surface area contributed by atoms with Gasteiger partial charge in [-0.3, -0.25) is 14.5 Å². The van der Waals surface area contributed by atoms with Gasteiger partial charge >= 0.3 is 0 Å². The number of hydrogen-bond donors (Lipinski definition) is 2. The molecule has 23 heavy (non-hydrogen) atoms. The SMILES string of the molecule is CS(=O)(=O)N(Cc1ccccc1)c1ccc(CC(=O)NN)cc1. The van der Waals surface area contributed by atoms with E-state index in [4.69, 9.17) is 5.84 Å². The number of carbonyl (C=O) groups excluding carboxylic acids is 1. The van der Waals surface area contributed by atoms with Crippen LogP contribution in [0.1, 0.15) is 11.1 Å². The molecule has 0 saturated carbocycles. The Morgan fingerprint density at radius 3 is 2.17 bits per heavy atom. The van der Waals surface area contributed by atoms with Crippen LogP contribution in [0.25, 0.3) is 0 Å². The number of hydrazine groups is 1. The number of sulfonamides is 1. The van der Waals surface area contributed by atoms with Gasteiger partial charge in [0.25, 0.3) is 0 Å². The first-order chi connectivity index (χ1) is 10.9. The van der Waals surface area contributed by atoms with Crippen LogP contribution in [0.5, 0.6) is 0 Å². The Balaban J connectivity index is 2.24. The second kappa shape index (κ2) is 7.26. The molecule has 1 amide bonds. The third-order valence-electron chi connectivity index (χ3n) is 3.32. The second-order valence-corrected chi connectivity index (χ2v) is 7.07. The Hall–Kier alpha value is -2.38. The number of carbonyl (C=O) groups is 1. The molecular formula is C16H19N3O3S. The van der Waals surface area contributed by atoms with Gasteiger partial charge in [-0.2, -0.15) is 0 Å². The summed E-state index contributed by atoms with van der Waals surface area (Å²) in [4.78, 5) is 11.3. The van der Waals surface area contributed by atoms with Crippen LogP contribution in [0.15, 0.2) is 54.6 Å². The number of hydrogen-bond acceptors (Lipinski definition) is 4. The average Bonchev–Trinajstić information content (AvgIpc) is 2.53. The summed E-state index contributed by atoms with van der Waals surface area (Å²) in [6.45, 7) is 0.252. The zero-order valence-corrected chi connectivity index (χ0v) is 13.6. The number of amides is 1. The minimum absolute atomic E-state index is 0.147. The monoisotopic (exact) mass is 333 g/mol. The summed E-state index contributed by atoms with van der Waals surface area (Å²) in [7, 11) is -3.42. The first-order valence-electron chi connectivity index (χ1n) is 7.00. The topological polar surface area (TPSA) is 92.5 Å². The molecule has 0 heterocycles. The first-order valence-corrected chi connectivity index (χ1v) is 8.85. The molecule has 6 nitrogen and oxygen atoms in total. The highest BCUT2D eigenvalue weighted by Crippen LogP contribution is 2.21. The molecule has 0 radical (unpaired) electrons. The molecule has 0 aliphatic carbocycles. The fourth-order valence-corrected chi connectivity index (χ4v) is 3.05. The van der Waals surface area contributed by atoms with Crippen LogP contribution in [0.4, 0.5) is 5.69 Å². The maximum atomic E-state index is 12.1. The molecule has 3 N–H and O–H groups in total. The van der Waals surface area contributed by atoms with Crippen molar-refractivity contribution in [2.75, 3.05) is 10.6 Å². The minimum Gasteiger partial charge on any atom is -0.294 e. The number of nitrogens with two attached hydrogens (primary N) is 1. The molecule has 0 bridgehead atoms. The van der Waals surface area contributed by atoms with Crippen LogP contribution in [-0.2, 0) is 27.8 Å². The number of nitrogens with one attached hydrogen (secondary N) is 1. The molecule has 2 aromatic rings. The van der Waals surface area contributed by atoms with Crippen LogP contribution in [0, 0.1) is 0 Å². The van der Waals surface area contributed by atoms with E-state index in [-0.39, 0.29) is 18.9 Å². The lowest BCUT2D eigenvalue weighted by Crippen LogP contribution is -2.31. The fourth-order valence-electron chi connectivity index (χ4n) is 2.17. The van der Waals surface area contributed by atoms with Crippen LogP contribution in [-0.4, -0.2) is 20.6 Å². The molecular weight excluding hydrogens is 314 g/mol. The van der Waals surface area contributed by atoms with E-state index >= 15 is 0 Å². The zero-order chi connectivity index (χ0) is 16.9. The van der Waals surface area contributed by atoms with E-state index < -0.39 is 10.0 Å². The van der Waals surface area contributed by atoms with Crippen molar-refractivity contribution in [1.82, 2.24) is 5.43 Å². The van der Waals surface area contributed by atoms with Crippen molar-refractivity contribution in [1.29, 1.82) is 0 Å².